The topological polar surface area (TPSA) is 248 Å². The summed E-state index contributed by atoms with van der Waals surface area (Å²) in [6.07, 6.45) is 3.72. The number of hydrogen-bond acceptors (Lipinski definition) is 18. The van der Waals surface area contributed by atoms with Crippen molar-refractivity contribution in [3.05, 3.63) is 24.3 Å². The molecule has 7 aliphatic rings. The van der Waals surface area contributed by atoms with Crippen molar-refractivity contribution in [2.45, 2.75) is 258 Å². The fourth-order valence-electron chi connectivity index (χ4n) is 12.3. The van der Waals surface area contributed by atoms with Crippen molar-refractivity contribution in [3.8, 4) is 0 Å². The second kappa shape index (κ2) is 25.1. The highest BCUT2D eigenvalue weighted by Crippen LogP contribution is 2.53. The first-order valence-electron chi connectivity index (χ1n) is 26.7. The van der Waals surface area contributed by atoms with Crippen molar-refractivity contribution < 1.29 is 87.6 Å². The maximum Gasteiger partial charge on any atom is 0.335 e. The van der Waals surface area contributed by atoms with Crippen LogP contribution in [0.15, 0.2) is 24.3 Å². The Morgan fingerprint density at radius 1 is 0.718 bits per heavy atom. The second-order valence-corrected chi connectivity index (χ2v) is 22.0. The van der Waals surface area contributed by atoms with Crippen LogP contribution in [0.5, 0.6) is 0 Å². The molecule has 18 heteroatoms. The molecule has 0 radical (unpaired) electrons. The predicted molar refractivity (Wildman–Crippen MR) is 255 cm³/mol. The number of aliphatic hydroxyl groups excluding tert-OH is 6. The molecule has 9 bridgehead atoms. The first-order valence-corrected chi connectivity index (χ1v) is 26.7. The summed E-state index contributed by atoms with van der Waals surface area (Å²) in [4.78, 5) is 25.5. The number of hydrogen-bond donors (Lipinski definition) is 6. The van der Waals surface area contributed by atoms with Gasteiger partial charge in [0.15, 0.2) is 23.5 Å². The Morgan fingerprint density at radius 2 is 1.48 bits per heavy atom. The lowest BCUT2D eigenvalue weighted by Gasteiger charge is -2.53. The maximum absolute atomic E-state index is 13.9. The van der Waals surface area contributed by atoms with E-state index in [9.17, 15) is 40.2 Å². The number of methoxy groups -OCH3 is 3. The van der Waals surface area contributed by atoms with Crippen LogP contribution in [0.1, 0.15) is 149 Å². The summed E-state index contributed by atoms with van der Waals surface area (Å²) in [5, 5.41) is 67.7. The summed E-state index contributed by atoms with van der Waals surface area (Å²) in [7, 11) is 4.48. The number of rotatable bonds is 9. The second-order valence-electron chi connectivity index (χ2n) is 22.0. The van der Waals surface area contributed by atoms with E-state index in [1.54, 1.807) is 20.3 Å². The van der Waals surface area contributed by atoms with E-state index in [1.807, 2.05) is 32.1 Å². The molecular formula is C53H86O18. The van der Waals surface area contributed by atoms with Crippen LogP contribution in [0.4, 0.5) is 0 Å². The third-order valence-electron chi connectivity index (χ3n) is 16.8. The van der Waals surface area contributed by atoms with Crippen LogP contribution in [0.3, 0.4) is 0 Å². The molecule has 7 fully saturated rings. The molecule has 0 aromatic rings. The average molecular weight is 1010 g/mol. The molecule has 0 saturated carbocycles. The lowest BCUT2D eigenvalue weighted by atomic mass is 9.81. The number of aliphatic hydroxyl groups is 6. The van der Waals surface area contributed by atoms with Gasteiger partial charge in [-0.1, -0.05) is 45.1 Å². The molecule has 71 heavy (non-hydrogen) atoms. The van der Waals surface area contributed by atoms with E-state index in [0.717, 1.165) is 6.42 Å². The van der Waals surface area contributed by atoms with E-state index in [2.05, 4.69) is 11.7 Å². The Bertz CT molecular complexity index is 1770. The molecule has 3 spiro atoms. The van der Waals surface area contributed by atoms with Crippen molar-refractivity contribution in [2.75, 3.05) is 21.3 Å². The SMILES string of the molecule is COC(=O)[C@H](O)C/C=C\C/C=C/C[C@@H]1O[C@@]23C[C@@H]1OC(=O)C[C@H]1CCC[C@H](O1)[C@@H](O)[C@@H](O)C[C@H](O)C[C@H]1O[C@@]4(CC[C@H](OC)[C@H](O4)[C@@H](O)[C@@H](O)[C@@H](C)CC[C@@H]4C[C@H](OC)C[C@](CC[C@@H]2C)(O4)O3)CC[C@@H]1C. The van der Waals surface area contributed by atoms with E-state index in [1.165, 1.54) is 7.11 Å². The van der Waals surface area contributed by atoms with Crippen LogP contribution < -0.4 is 0 Å². The van der Waals surface area contributed by atoms with E-state index in [0.29, 0.717) is 89.9 Å². The molecule has 21 atom stereocenters. The monoisotopic (exact) mass is 1010 g/mol. The van der Waals surface area contributed by atoms with Crippen LogP contribution in [-0.4, -0.2) is 173 Å². The zero-order valence-electron chi connectivity index (χ0n) is 42.9. The zero-order chi connectivity index (χ0) is 51.1. The Morgan fingerprint density at radius 3 is 2.24 bits per heavy atom. The molecular weight excluding hydrogens is 925 g/mol. The Kier molecular flexibility index (Phi) is 20.0. The highest BCUT2D eigenvalue weighted by Gasteiger charge is 2.60. The summed E-state index contributed by atoms with van der Waals surface area (Å²) >= 11 is 0. The van der Waals surface area contributed by atoms with Gasteiger partial charge >= 0.3 is 11.9 Å². The molecule has 0 amide bonds. The standard InChI is InChI=1S/C53H86O18/c1-31-19-22-51-24-21-42(63-5)49(70-51)48(60)46(58)32(2)17-18-36-27-37(62-4)29-52(67-36)23-20-33(3)53(71-52)30-44(40(69-53)15-11-9-7-8-10-14-38(55)50(61)64-6)66-45(57)28-35-13-12-16-41(65-35)47(59)39(56)25-34(54)26-43(31)68-51/h8-11,31-44,46-49,54-56,58-60H,7,12-30H2,1-6H3/b10-8-,11-9+/t31-,32-,33-,34-,35+,36+,37-,38+,39-,40-,41-,42-,43+,44-,46-,47-,48-,49-,51-,52+,53+/m0/s1. The van der Waals surface area contributed by atoms with Gasteiger partial charge in [0.1, 0.15) is 30.5 Å². The molecule has 7 heterocycles. The maximum atomic E-state index is 13.9. The van der Waals surface area contributed by atoms with Gasteiger partial charge in [-0.05, 0) is 82.5 Å². The van der Waals surface area contributed by atoms with E-state index < -0.39 is 109 Å². The molecule has 7 saturated heterocycles. The van der Waals surface area contributed by atoms with Crippen LogP contribution in [0.2, 0.25) is 0 Å². The van der Waals surface area contributed by atoms with E-state index in [-0.39, 0.29) is 62.1 Å². The number of fused-ring (bicyclic) bond motifs is 6. The molecule has 18 nitrogen and oxygen atoms in total. The average Bonchev–Trinajstić information content (AvgIpc) is 3.69. The van der Waals surface area contributed by atoms with Gasteiger partial charge in [-0.3, -0.25) is 4.79 Å². The molecule has 0 aromatic heterocycles. The van der Waals surface area contributed by atoms with Crippen molar-refractivity contribution in [1.29, 1.82) is 0 Å². The molecule has 7 rings (SSSR count). The van der Waals surface area contributed by atoms with Crippen molar-refractivity contribution >= 4 is 11.9 Å². The summed E-state index contributed by atoms with van der Waals surface area (Å²) in [5.41, 5.74) is 0. The zero-order valence-corrected chi connectivity index (χ0v) is 42.9. The normalized spacial score (nSPS) is 45.9. The first-order chi connectivity index (χ1) is 33.9. The summed E-state index contributed by atoms with van der Waals surface area (Å²) < 4.78 is 63.5. The van der Waals surface area contributed by atoms with Crippen molar-refractivity contribution in [1.82, 2.24) is 0 Å². The fourth-order valence-corrected chi connectivity index (χ4v) is 12.3. The number of carbonyl (C=O) groups is 2. The molecule has 0 aromatic carbocycles. The van der Waals surface area contributed by atoms with Gasteiger partial charge in [0.05, 0.1) is 68.5 Å². The Hall–Kier alpha value is -2.14. The lowest BCUT2D eigenvalue weighted by Crippen LogP contribution is -2.59. The van der Waals surface area contributed by atoms with Crippen LogP contribution in [-0.2, 0) is 57.0 Å². The molecule has 0 unspecified atom stereocenters. The van der Waals surface area contributed by atoms with Gasteiger partial charge in [-0.2, -0.15) is 0 Å². The van der Waals surface area contributed by atoms with E-state index in [4.69, 9.17) is 42.6 Å². The third-order valence-corrected chi connectivity index (χ3v) is 16.8. The summed E-state index contributed by atoms with van der Waals surface area (Å²) in [6.45, 7) is 6.02. The first kappa shape index (κ1) is 56.6. The predicted octanol–water partition coefficient (Wildman–Crippen LogP) is 4.58. The molecule has 406 valence electrons. The van der Waals surface area contributed by atoms with Gasteiger partial charge in [0.2, 0.25) is 0 Å². The molecule has 6 N–H and O–H groups in total. The number of ether oxygens (including phenoxy) is 10. The van der Waals surface area contributed by atoms with Crippen molar-refractivity contribution in [3.63, 3.8) is 0 Å². The minimum Gasteiger partial charge on any atom is -0.467 e. The molecule has 7 aliphatic heterocycles. The summed E-state index contributed by atoms with van der Waals surface area (Å²) in [6, 6.07) is 0. The number of esters is 2. The van der Waals surface area contributed by atoms with Gasteiger partial charge in [-0.25, -0.2) is 4.79 Å². The smallest absolute Gasteiger partial charge is 0.335 e. The minimum atomic E-state index is -1.32. The van der Waals surface area contributed by atoms with Crippen LogP contribution in [0, 0.1) is 17.8 Å². The van der Waals surface area contributed by atoms with Gasteiger partial charge < -0.3 is 78.0 Å². The number of carbonyl (C=O) groups excluding carboxylic acids is 2. The summed E-state index contributed by atoms with van der Waals surface area (Å²) in [5.74, 6) is -4.92. The van der Waals surface area contributed by atoms with Crippen LogP contribution in [0.25, 0.3) is 0 Å². The highest BCUT2D eigenvalue weighted by atomic mass is 16.8. The number of allylic oxidation sites excluding steroid dienone is 2. The lowest BCUT2D eigenvalue weighted by molar-refractivity contribution is -0.414. The quantitative estimate of drug-likeness (QED) is 0.137. The van der Waals surface area contributed by atoms with Gasteiger partial charge in [0.25, 0.3) is 0 Å². The Labute approximate surface area is 420 Å². The minimum absolute atomic E-state index is 0.0492. The van der Waals surface area contributed by atoms with Crippen LogP contribution >= 0.6 is 0 Å². The Balaban J connectivity index is 1.12. The highest BCUT2D eigenvalue weighted by molar-refractivity contribution is 5.74. The van der Waals surface area contributed by atoms with Crippen molar-refractivity contribution in [2.24, 2.45) is 17.8 Å². The van der Waals surface area contributed by atoms with E-state index >= 15 is 0 Å². The fraction of sp³-hybridized carbons (Fsp3) is 0.887. The van der Waals surface area contributed by atoms with Gasteiger partial charge in [-0.15, -0.1) is 0 Å². The largest absolute Gasteiger partial charge is 0.467 e. The van der Waals surface area contributed by atoms with Gasteiger partial charge in [0, 0.05) is 71.5 Å². The third kappa shape index (κ3) is 14.0. The molecule has 0 aliphatic carbocycles.